The fourth-order valence-corrected chi connectivity index (χ4v) is 4.54. The highest BCUT2D eigenvalue weighted by atomic mass is 16.3. The molecule has 156 valence electrons. The molecule has 3 heterocycles. The van der Waals surface area contributed by atoms with Crippen molar-refractivity contribution in [1.82, 2.24) is 14.7 Å². The molecule has 0 aliphatic carbocycles. The van der Waals surface area contributed by atoms with Gasteiger partial charge in [0.1, 0.15) is 5.76 Å². The largest absolute Gasteiger partial charge is 0.469 e. The molecule has 2 saturated heterocycles. The van der Waals surface area contributed by atoms with E-state index in [-0.39, 0.29) is 5.91 Å². The minimum absolute atomic E-state index is 0.0768. The summed E-state index contributed by atoms with van der Waals surface area (Å²) in [6.45, 7) is 15.2. The van der Waals surface area contributed by atoms with Crippen LogP contribution in [-0.2, 0) is 4.79 Å². The molecule has 0 N–H and O–H groups in total. The number of aryl methyl sites for hydroxylation is 2. The summed E-state index contributed by atoms with van der Waals surface area (Å²) in [5.74, 6) is 2.17. The van der Waals surface area contributed by atoms with Gasteiger partial charge in [0.2, 0.25) is 5.91 Å². The van der Waals surface area contributed by atoms with Gasteiger partial charge in [-0.15, -0.1) is 0 Å². The van der Waals surface area contributed by atoms with Gasteiger partial charge in [0.05, 0.1) is 11.8 Å². The molecule has 0 spiro atoms. The minimum Gasteiger partial charge on any atom is -0.469 e. The fraction of sp³-hybridized carbons (Fsp3) is 0.727. The molecule has 1 atom stereocenters. The molecule has 2 amide bonds. The highest BCUT2D eigenvalue weighted by Gasteiger charge is 2.37. The van der Waals surface area contributed by atoms with Crippen LogP contribution >= 0.6 is 0 Å². The third kappa shape index (κ3) is 4.59. The summed E-state index contributed by atoms with van der Waals surface area (Å²) < 4.78 is 5.38. The summed E-state index contributed by atoms with van der Waals surface area (Å²) in [7, 11) is 0. The predicted octanol–water partition coefficient (Wildman–Crippen LogP) is 2.94. The molecule has 2 aliphatic rings. The Hall–Kier alpha value is -1.82. The van der Waals surface area contributed by atoms with Crippen LogP contribution in [0.2, 0.25) is 0 Å². The quantitative estimate of drug-likeness (QED) is 0.751. The van der Waals surface area contributed by atoms with Gasteiger partial charge >= 0.3 is 0 Å². The molecule has 1 aromatic rings. The number of carbonyl (C=O) groups excluding carboxylic acids is 2. The summed E-state index contributed by atoms with van der Waals surface area (Å²) in [5.41, 5.74) is 1.62. The van der Waals surface area contributed by atoms with Gasteiger partial charge in [-0.3, -0.25) is 14.5 Å². The zero-order valence-electron chi connectivity index (χ0n) is 18.0. The van der Waals surface area contributed by atoms with E-state index >= 15 is 0 Å². The molecule has 6 heteroatoms. The van der Waals surface area contributed by atoms with Crippen LogP contribution in [0.3, 0.4) is 0 Å². The Bertz CT molecular complexity index is 678. The topological polar surface area (TPSA) is 57.0 Å². The van der Waals surface area contributed by atoms with Crippen LogP contribution in [0, 0.1) is 25.7 Å². The van der Waals surface area contributed by atoms with Crippen molar-refractivity contribution in [1.29, 1.82) is 0 Å². The van der Waals surface area contributed by atoms with E-state index in [2.05, 4.69) is 25.7 Å². The summed E-state index contributed by atoms with van der Waals surface area (Å²) in [5, 5.41) is 0. The van der Waals surface area contributed by atoms with Gasteiger partial charge in [-0.05, 0) is 32.1 Å². The average molecular weight is 390 g/mol. The molecule has 2 aliphatic heterocycles. The zero-order valence-corrected chi connectivity index (χ0v) is 18.0. The van der Waals surface area contributed by atoms with Crippen LogP contribution in [-0.4, -0.2) is 71.8 Å². The molecule has 1 unspecified atom stereocenters. The Morgan fingerprint density at radius 3 is 2.25 bits per heavy atom. The number of piperazine rings is 1. The molecule has 0 bridgehead atoms. The van der Waals surface area contributed by atoms with Crippen LogP contribution in [0.15, 0.2) is 10.7 Å². The van der Waals surface area contributed by atoms with Crippen LogP contribution in [0.1, 0.15) is 55.3 Å². The lowest BCUT2D eigenvalue weighted by Gasteiger charge is -2.48. The van der Waals surface area contributed by atoms with E-state index in [1.54, 1.807) is 6.26 Å². The maximum atomic E-state index is 12.8. The SMILES string of the molecule is Cc1coc(C)c1C(=O)N1CCN(C2CN(C(=O)CC(C)CC(C)C)C2)CC1. The van der Waals surface area contributed by atoms with E-state index < -0.39 is 0 Å². The molecule has 0 radical (unpaired) electrons. The third-order valence-corrected chi connectivity index (χ3v) is 6.10. The summed E-state index contributed by atoms with van der Waals surface area (Å²) >= 11 is 0. The van der Waals surface area contributed by atoms with Gasteiger partial charge < -0.3 is 14.2 Å². The van der Waals surface area contributed by atoms with Crippen LogP contribution in [0.5, 0.6) is 0 Å². The lowest BCUT2D eigenvalue weighted by Crippen LogP contribution is -2.64. The van der Waals surface area contributed by atoms with Crippen molar-refractivity contribution in [2.45, 2.75) is 53.5 Å². The molecule has 2 fully saturated rings. The number of amides is 2. The minimum atomic E-state index is 0.0768. The van der Waals surface area contributed by atoms with Crippen molar-refractivity contribution in [2.75, 3.05) is 39.3 Å². The second kappa shape index (κ2) is 8.68. The highest BCUT2D eigenvalue weighted by molar-refractivity contribution is 5.96. The maximum absolute atomic E-state index is 12.8. The van der Waals surface area contributed by atoms with Gasteiger partial charge in [0.15, 0.2) is 0 Å². The van der Waals surface area contributed by atoms with Gasteiger partial charge in [-0.25, -0.2) is 0 Å². The Balaban J connectivity index is 1.42. The maximum Gasteiger partial charge on any atom is 0.257 e. The number of rotatable bonds is 6. The van der Waals surface area contributed by atoms with E-state index in [0.29, 0.717) is 41.5 Å². The molecule has 3 rings (SSSR count). The second-order valence-electron chi connectivity index (χ2n) is 9.07. The lowest BCUT2D eigenvalue weighted by atomic mass is 9.94. The molecule has 0 saturated carbocycles. The summed E-state index contributed by atoms with van der Waals surface area (Å²) in [6.07, 6.45) is 3.42. The molecule has 6 nitrogen and oxygen atoms in total. The van der Waals surface area contributed by atoms with Crippen LogP contribution in [0.25, 0.3) is 0 Å². The van der Waals surface area contributed by atoms with Crippen molar-refractivity contribution >= 4 is 11.8 Å². The number of likely N-dealkylation sites (tertiary alicyclic amines) is 1. The average Bonchev–Trinajstić information content (AvgIpc) is 2.91. The normalized spacial score (nSPS) is 19.8. The van der Waals surface area contributed by atoms with Crippen LogP contribution in [0.4, 0.5) is 0 Å². The van der Waals surface area contributed by atoms with E-state index in [1.165, 1.54) is 0 Å². The van der Waals surface area contributed by atoms with Gasteiger partial charge in [-0.1, -0.05) is 20.8 Å². The molecule has 28 heavy (non-hydrogen) atoms. The first-order chi connectivity index (χ1) is 13.3. The Morgan fingerprint density at radius 1 is 1.07 bits per heavy atom. The first-order valence-corrected chi connectivity index (χ1v) is 10.6. The number of hydrogen-bond donors (Lipinski definition) is 0. The summed E-state index contributed by atoms with van der Waals surface area (Å²) in [6, 6.07) is 0.444. The third-order valence-electron chi connectivity index (χ3n) is 6.10. The predicted molar refractivity (Wildman–Crippen MR) is 109 cm³/mol. The Labute approximate surface area is 168 Å². The number of carbonyl (C=O) groups is 2. The number of hydrogen-bond acceptors (Lipinski definition) is 4. The molecule has 0 aromatic carbocycles. The van der Waals surface area contributed by atoms with Gasteiger partial charge in [0, 0.05) is 57.3 Å². The van der Waals surface area contributed by atoms with Gasteiger partial charge in [-0.2, -0.15) is 0 Å². The Kier molecular flexibility index (Phi) is 6.48. The number of furan rings is 1. The van der Waals surface area contributed by atoms with Crippen molar-refractivity contribution in [3.05, 3.63) is 23.2 Å². The lowest BCUT2D eigenvalue weighted by molar-refractivity contribution is -0.140. The van der Waals surface area contributed by atoms with Crippen molar-refractivity contribution < 1.29 is 14.0 Å². The molecular formula is C22H35N3O3. The van der Waals surface area contributed by atoms with E-state index in [1.807, 2.05) is 23.6 Å². The molecule has 1 aromatic heterocycles. The molecular weight excluding hydrogens is 354 g/mol. The fourth-order valence-electron chi connectivity index (χ4n) is 4.54. The first-order valence-electron chi connectivity index (χ1n) is 10.6. The smallest absolute Gasteiger partial charge is 0.257 e. The number of nitrogens with zero attached hydrogens (tertiary/aromatic N) is 3. The van der Waals surface area contributed by atoms with E-state index in [0.717, 1.165) is 51.3 Å². The Morgan fingerprint density at radius 2 is 1.71 bits per heavy atom. The van der Waals surface area contributed by atoms with Gasteiger partial charge in [0.25, 0.3) is 5.91 Å². The van der Waals surface area contributed by atoms with E-state index in [4.69, 9.17) is 4.42 Å². The summed E-state index contributed by atoms with van der Waals surface area (Å²) in [4.78, 5) is 31.6. The van der Waals surface area contributed by atoms with Crippen molar-refractivity contribution in [3.8, 4) is 0 Å². The standard InChI is InChI=1S/C22H35N3O3/c1-15(2)10-16(3)11-20(26)25-12-19(13-25)23-6-8-24(9-7-23)22(27)21-17(4)14-28-18(21)5/h14-16,19H,6-13H2,1-5H3. The van der Waals surface area contributed by atoms with Crippen molar-refractivity contribution in [3.63, 3.8) is 0 Å². The van der Waals surface area contributed by atoms with Crippen LogP contribution < -0.4 is 0 Å². The van der Waals surface area contributed by atoms with Crippen molar-refractivity contribution in [2.24, 2.45) is 11.8 Å². The monoisotopic (exact) mass is 389 g/mol. The first kappa shape index (κ1) is 20.9. The highest BCUT2D eigenvalue weighted by Crippen LogP contribution is 2.23. The van der Waals surface area contributed by atoms with E-state index in [9.17, 15) is 9.59 Å². The second-order valence-corrected chi connectivity index (χ2v) is 9.07. The zero-order chi connectivity index (χ0) is 20.4.